The lowest BCUT2D eigenvalue weighted by Crippen LogP contribution is -2.21. The largest absolute Gasteiger partial charge is 0.433 e. The van der Waals surface area contributed by atoms with E-state index < -0.39 is 17.7 Å². The Balaban J connectivity index is 2.36. The third-order valence-corrected chi connectivity index (χ3v) is 3.38. The number of hydrogen-bond donors (Lipinski definition) is 3. The van der Waals surface area contributed by atoms with E-state index in [0.29, 0.717) is 24.2 Å². The van der Waals surface area contributed by atoms with Crippen LogP contribution in [0.3, 0.4) is 0 Å². The highest BCUT2D eigenvalue weighted by Crippen LogP contribution is 2.37. The van der Waals surface area contributed by atoms with Crippen LogP contribution in [0.4, 0.5) is 36.2 Å². The van der Waals surface area contributed by atoms with Gasteiger partial charge in [0, 0.05) is 19.8 Å². The van der Waals surface area contributed by atoms with E-state index in [0.717, 1.165) is 6.07 Å². The van der Waals surface area contributed by atoms with Crippen LogP contribution in [0, 0.1) is 0 Å². The summed E-state index contributed by atoms with van der Waals surface area (Å²) in [7, 11) is 1.53. The third kappa shape index (κ3) is 4.37. The molecule has 0 fully saturated rings. The molecular formula is C15H15F3N6O2. The number of nitrogens with zero attached hydrogens (tertiary/aromatic N) is 3. The van der Waals surface area contributed by atoms with Crippen molar-refractivity contribution < 1.29 is 22.8 Å². The second-order valence-electron chi connectivity index (χ2n) is 5.22. The number of rotatable bonds is 7. The number of alkyl halides is 3. The van der Waals surface area contributed by atoms with Crippen molar-refractivity contribution in [3.63, 3.8) is 0 Å². The lowest BCUT2D eigenvalue weighted by molar-refractivity contribution is -0.141. The molecule has 26 heavy (non-hydrogen) atoms. The summed E-state index contributed by atoms with van der Waals surface area (Å²) in [5.41, 5.74) is 5.09. The minimum absolute atomic E-state index is 0.0253. The molecule has 2 aromatic rings. The fraction of sp³-hybridized carbons (Fsp3) is 0.200. The summed E-state index contributed by atoms with van der Waals surface area (Å²) >= 11 is 0. The summed E-state index contributed by atoms with van der Waals surface area (Å²) in [4.78, 5) is 29.9. The van der Waals surface area contributed by atoms with Crippen molar-refractivity contribution in [1.82, 2.24) is 9.97 Å². The summed E-state index contributed by atoms with van der Waals surface area (Å²) < 4.78 is 39.0. The number of hydrogen-bond acceptors (Lipinski definition) is 6. The van der Waals surface area contributed by atoms with E-state index in [2.05, 4.69) is 20.6 Å². The Kier molecular flexibility index (Phi) is 5.60. The SMILES string of the molecule is CN(Cc1ccc(NC=O)nc1)c1cc(C(F)(F)F)nc(N)c1NC=O. The fourth-order valence-electron chi connectivity index (χ4n) is 2.23. The van der Waals surface area contributed by atoms with Crippen LogP contribution in [0.2, 0.25) is 0 Å². The van der Waals surface area contributed by atoms with Gasteiger partial charge >= 0.3 is 6.18 Å². The van der Waals surface area contributed by atoms with Crippen LogP contribution in [0.1, 0.15) is 11.3 Å². The number of anilines is 4. The molecular weight excluding hydrogens is 353 g/mol. The molecule has 2 heterocycles. The lowest BCUT2D eigenvalue weighted by Gasteiger charge is -2.24. The topological polar surface area (TPSA) is 113 Å². The zero-order chi connectivity index (χ0) is 19.3. The van der Waals surface area contributed by atoms with Gasteiger partial charge in [-0.3, -0.25) is 9.59 Å². The number of amides is 2. The van der Waals surface area contributed by atoms with Gasteiger partial charge in [-0.25, -0.2) is 9.97 Å². The maximum Gasteiger partial charge on any atom is 0.433 e. The molecule has 2 amide bonds. The number of carbonyl (C=O) groups excluding carboxylic acids is 2. The summed E-state index contributed by atoms with van der Waals surface area (Å²) in [5.74, 6) is -0.111. The van der Waals surface area contributed by atoms with Crippen LogP contribution >= 0.6 is 0 Å². The van der Waals surface area contributed by atoms with Gasteiger partial charge in [-0.2, -0.15) is 13.2 Å². The highest BCUT2D eigenvalue weighted by molar-refractivity contribution is 5.88. The van der Waals surface area contributed by atoms with Crippen LogP contribution in [0.15, 0.2) is 24.4 Å². The first-order chi connectivity index (χ1) is 12.3. The van der Waals surface area contributed by atoms with E-state index in [9.17, 15) is 22.8 Å². The van der Waals surface area contributed by atoms with Gasteiger partial charge < -0.3 is 21.3 Å². The van der Waals surface area contributed by atoms with Crippen molar-refractivity contribution in [2.24, 2.45) is 0 Å². The number of nitrogen functional groups attached to an aromatic ring is 1. The highest BCUT2D eigenvalue weighted by Gasteiger charge is 2.34. The predicted molar refractivity (Wildman–Crippen MR) is 89.4 cm³/mol. The summed E-state index contributed by atoms with van der Waals surface area (Å²) in [5, 5.41) is 4.65. The number of nitrogens with one attached hydrogen (secondary N) is 2. The molecule has 0 saturated carbocycles. The molecule has 0 radical (unpaired) electrons. The Bertz CT molecular complexity index is 795. The Morgan fingerprint density at radius 2 is 1.92 bits per heavy atom. The zero-order valence-electron chi connectivity index (χ0n) is 13.5. The minimum atomic E-state index is -4.69. The highest BCUT2D eigenvalue weighted by atomic mass is 19.4. The molecule has 138 valence electrons. The molecule has 0 aliphatic carbocycles. The van der Waals surface area contributed by atoms with Gasteiger partial charge in [0.25, 0.3) is 0 Å². The molecule has 0 aromatic carbocycles. The van der Waals surface area contributed by atoms with E-state index in [1.807, 2.05) is 0 Å². The monoisotopic (exact) mass is 368 g/mol. The fourth-order valence-corrected chi connectivity index (χ4v) is 2.23. The Morgan fingerprint density at radius 3 is 2.46 bits per heavy atom. The number of pyridine rings is 2. The minimum Gasteiger partial charge on any atom is -0.382 e. The second-order valence-corrected chi connectivity index (χ2v) is 5.22. The normalized spacial score (nSPS) is 10.9. The molecule has 0 bridgehead atoms. The number of nitrogens with two attached hydrogens (primary N) is 1. The molecule has 0 unspecified atom stereocenters. The molecule has 8 nitrogen and oxygen atoms in total. The van der Waals surface area contributed by atoms with Crippen LogP contribution in [0.25, 0.3) is 0 Å². The molecule has 0 aliphatic rings. The van der Waals surface area contributed by atoms with Crippen LogP contribution in [0.5, 0.6) is 0 Å². The molecule has 4 N–H and O–H groups in total. The zero-order valence-corrected chi connectivity index (χ0v) is 13.5. The van der Waals surface area contributed by atoms with E-state index in [1.54, 1.807) is 12.1 Å². The Labute approximate surface area is 146 Å². The van der Waals surface area contributed by atoms with Crippen molar-refractivity contribution in [3.05, 3.63) is 35.7 Å². The number of aromatic nitrogens is 2. The van der Waals surface area contributed by atoms with E-state index in [4.69, 9.17) is 5.73 Å². The average molecular weight is 368 g/mol. The molecule has 0 aliphatic heterocycles. The van der Waals surface area contributed by atoms with Crippen LogP contribution in [-0.4, -0.2) is 29.8 Å². The predicted octanol–water partition coefficient (Wildman–Crippen LogP) is 1.85. The maximum atomic E-state index is 13.0. The quantitative estimate of drug-likeness (QED) is 0.643. The Hall–Kier alpha value is -3.37. The number of halogens is 3. The smallest absolute Gasteiger partial charge is 0.382 e. The molecule has 0 atom stereocenters. The van der Waals surface area contributed by atoms with Gasteiger partial charge in [0.1, 0.15) is 23.0 Å². The first kappa shape index (κ1) is 19.0. The van der Waals surface area contributed by atoms with E-state index in [1.165, 1.54) is 18.1 Å². The van der Waals surface area contributed by atoms with Crippen molar-refractivity contribution in [2.75, 3.05) is 28.3 Å². The first-order valence-electron chi connectivity index (χ1n) is 7.20. The van der Waals surface area contributed by atoms with Crippen molar-refractivity contribution in [2.45, 2.75) is 12.7 Å². The molecule has 11 heteroatoms. The van der Waals surface area contributed by atoms with Crippen molar-refractivity contribution in [1.29, 1.82) is 0 Å². The van der Waals surface area contributed by atoms with Gasteiger partial charge in [0.2, 0.25) is 12.8 Å². The van der Waals surface area contributed by atoms with Gasteiger partial charge in [-0.15, -0.1) is 0 Å². The van der Waals surface area contributed by atoms with Gasteiger partial charge in [0.05, 0.1) is 5.69 Å². The third-order valence-electron chi connectivity index (χ3n) is 3.38. The number of carbonyl (C=O) groups is 2. The van der Waals surface area contributed by atoms with Crippen LogP contribution in [-0.2, 0) is 22.3 Å². The molecule has 2 aromatic heterocycles. The second kappa shape index (κ2) is 7.68. The van der Waals surface area contributed by atoms with E-state index in [-0.39, 0.29) is 17.9 Å². The summed E-state index contributed by atoms with van der Waals surface area (Å²) in [6, 6.07) is 4.00. The first-order valence-corrected chi connectivity index (χ1v) is 7.20. The summed E-state index contributed by atoms with van der Waals surface area (Å²) in [6.45, 7) is 0.169. The Morgan fingerprint density at radius 1 is 1.23 bits per heavy atom. The lowest BCUT2D eigenvalue weighted by atomic mass is 10.2. The van der Waals surface area contributed by atoms with Crippen LogP contribution < -0.4 is 21.3 Å². The van der Waals surface area contributed by atoms with E-state index >= 15 is 0 Å². The molecule has 2 rings (SSSR count). The standard InChI is InChI=1S/C15H15F3N6O2/c1-24(6-9-2-3-12(20-5-9)21-7-25)10-4-11(15(16,17)18)23-14(19)13(10)22-8-26/h2-5,7-8H,6H2,1H3,(H2,19,23)(H,22,26)(H,20,21,25). The van der Waals surface area contributed by atoms with Gasteiger partial charge in [-0.1, -0.05) is 6.07 Å². The molecule has 0 saturated heterocycles. The van der Waals surface area contributed by atoms with Gasteiger partial charge in [0.15, 0.2) is 0 Å². The molecule has 0 spiro atoms. The average Bonchev–Trinajstić information content (AvgIpc) is 2.57. The summed E-state index contributed by atoms with van der Waals surface area (Å²) in [6.07, 6.45) is -2.44. The van der Waals surface area contributed by atoms with Crippen molar-refractivity contribution >= 4 is 35.8 Å². The van der Waals surface area contributed by atoms with Crippen molar-refractivity contribution in [3.8, 4) is 0 Å². The van der Waals surface area contributed by atoms with Gasteiger partial charge in [-0.05, 0) is 17.7 Å². The maximum absolute atomic E-state index is 13.0.